The highest BCUT2D eigenvalue weighted by Crippen LogP contribution is 2.14. The lowest BCUT2D eigenvalue weighted by Gasteiger charge is -2.26. The van der Waals surface area contributed by atoms with E-state index in [-0.39, 0.29) is 5.91 Å². The van der Waals surface area contributed by atoms with Gasteiger partial charge in [0.25, 0.3) is 5.91 Å². The summed E-state index contributed by atoms with van der Waals surface area (Å²) in [5.41, 5.74) is 1.73. The number of aromatic amines is 1. The topological polar surface area (TPSA) is 48.1 Å². The van der Waals surface area contributed by atoms with E-state index in [1.165, 1.54) is 32.4 Å². The number of benzene rings is 1. The summed E-state index contributed by atoms with van der Waals surface area (Å²) < 4.78 is 0. The number of fused-ring (bicyclic) bond motifs is 1. The van der Waals surface area contributed by atoms with Gasteiger partial charge in [-0.2, -0.15) is 0 Å². The van der Waals surface area contributed by atoms with E-state index in [0.717, 1.165) is 29.6 Å². The summed E-state index contributed by atoms with van der Waals surface area (Å²) in [6.07, 6.45) is 5.82. The molecule has 2 aromatic rings. The van der Waals surface area contributed by atoms with Crippen LogP contribution in [0.25, 0.3) is 10.9 Å². The molecule has 0 aliphatic carbocycles. The molecule has 0 bridgehead atoms. The molecule has 1 aromatic heterocycles. The van der Waals surface area contributed by atoms with Crippen molar-refractivity contribution in [2.75, 3.05) is 26.2 Å². The Labute approximate surface area is 119 Å². The van der Waals surface area contributed by atoms with Gasteiger partial charge in [0, 0.05) is 30.4 Å². The third kappa shape index (κ3) is 3.02. The van der Waals surface area contributed by atoms with Gasteiger partial charge in [0.15, 0.2) is 0 Å². The minimum absolute atomic E-state index is 0.0125. The quantitative estimate of drug-likeness (QED) is 0.897. The molecular formula is C16H21N3O. The predicted molar refractivity (Wildman–Crippen MR) is 80.9 cm³/mol. The number of likely N-dealkylation sites (tertiary alicyclic amines) is 1. The number of aromatic nitrogens is 1. The van der Waals surface area contributed by atoms with Crippen LogP contribution in [0.5, 0.6) is 0 Å². The van der Waals surface area contributed by atoms with Crippen LogP contribution in [-0.2, 0) is 0 Å². The van der Waals surface area contributed by atoms with Gasteiger partial charge in [-0.15, -0.1) is 0 Å². The van der Waals surface area contributed by atoms with Crippen LogP contribution in [0.4, 0.5) is 0 Å². The van der Waals surface area contributed by atoms with Crippen LogP contribution in [0.1, 0.15) is 29.6 Å². The third-order valence-corrected chi connectivity index (χ3v) is 3.98. The van der Waals surface area contributed by atoms with Crippen molar-refractivity contribution in [2.45, 2.75) is 19.3 Å². The first-order chi connectivity index (χ1) is 9.83. The fraction of sp³-hybridized carbons (Fsp3) is 0.438. The first kappa shape index (κ1) is 13.2. The molecule has 4 nitrogen and oxygen atoms in total. The molecule has 20 heavy (non-hydrogen) atoms. The molecule has 2 heterocycles. The van der Waals surface area contributed by atoms with Crippen LogP contribution in [-0.4, -0.2) is 42.0 Å². The molecule has 0 unspecified atom stereocenters. The van der Waals surface area contributed by atoms with Crippen molar-refractivity contribution in [3.63, 3.8) is 0 Å². The second-order valence-corrected chi connectivity index (χ2v) is 5.44. The normalized spacial score (nSPS) is 16.4. The first-order valence-electron chi connectivity index (χ1n) is 7.41. The summed E-state index contributed by atoms with van der Waals surface area (Å²) >= 11 is 0. The van der Waals surface area contributed by atoms with E-state index in [2.05, 4.69) is 15.2 Å². The molecule has 2 N–H and O–H groups in total. The lowest BCUT2D eigenvalue weighted by Crippen LogP contribution is -2.37. The van der Waals surface area contributed by atoms with E-state index in [9.17, 15) is 4.79 Å². The number of piperidine rings is 1. The Morgan fingerprint density at radius 3 is 2.90 bits per heavy atom. The maximum Gasteiger partial charge on any atom is 0.251 e. The van der Waals surface area contributed by atoms with Gasteiger partial charge in [-0.3, -0.25) is 4.79 Å². The van der Waals surface area contributed by atoms with Crippen LogP contribution in [0.15, 0.2) is 30.5 Å². The number of carbonyl (C=O) groups excluding carboxylic acids is 1. The van der Waals surface area contributed by atoms with Crippen LogP contribution in [0.2, 0.25) is 0 Å². The maximum atomic E-state index is 12.1. The zero-order valence-corrected chi connectivity index (χ0v) is 11.7. The molecule has 4 heteroatoms. The number of nitrogens with zero attached hydrogens (tertiary/aromatic N) is 1. The van der Waals surface area contributed by atoms with E-state index in [4.69, 9.17) is 0 Å². The summed E-state index contributed by atoms with van der Waals surface area (Å²) in [4.78, 5) is 17.7. The molecule has 0 spiro atoms. The molecular weight excluding hydrogens is 250 g/mol. The molecule has 106 valence electrons. The van der Waals surface area contributed by atoms with Gasteiger partial charge in [-0.1, -0.05) is 12.5 Å². The van der Waals surface area contributed by atoms with E-state index >= 15 is 0 Å². The molecule has 1 fully saturated rings. The van der Waals surface area contributed by atoms with Crippen molar-refractivity contribution in [3.05, 3.63) is 36.0 Å². The van der Waals surface area contributed by atoms with E-state index in [1.54, 1.807) is 0 Å². The molecule has 1 aliphatic heterocycles. The Hall–Kier alpha value is -1.81. The van der Waals surface area contributed by atoms with Gasteiger partial charge in [0.05, 0.1) is 0 Å². The number of hydrogen-bond donors (Lipinski definition) is 2. The van der Waals surface area contributed by atoms with E-state index in [1.807, 2.05) is 30.5 Å². The van der Waals surface area contributed by atoms with Crippen LogP contribution in [0, 0.1) is 0 Å². The molecule has 1 aromatic carbocycles. The molecule has 1 amide bonds. The number of hydrogen-bond acceptors (Lipinski definition) is 2. The molecule has 0 atom stereocenters. The summed E-state index contributed by atoms with van der Waals surface area (Å²) in [6, 6.07) is 7.77. The van der Waals surface area contributed by atoms with Gasteiger partial charge in [0.1, 0.15) is 0 Å². The Morgan fingerprint density at radius 1 is 1.20 bits per heavy atom. The number of amides is 1. The van der Waals surface area contributed by atoms with E-state index in [0.29, 0.717) is 0 Å². The summed E-state index contributed by atoms with van der Waals surface area (Å²) in [5, 5.41) is 4.14. The Balaban J connectivity index is 1.53. The standard InChI is InChI=1S/C16H21N3O/c20-16(18-8-11-19-9-2-1-3-10-19)14-5-4-13-6-7-17-15(13)12-14/h4-7,12,17H,1-3,8-11H2,(H,18,20). The van der Waals surface area contributed by atoms with Gasteiger partial charge < -0.3 is 15.2 Å². The number of nitrogens with one attached hydrogen (secondary N) is 2. The van der Waals surface area contributed by atoms with Crippen LogP contribution in [0.3, 0.4) is 0 Å². The van der Waals surface area contributed by atoms with Gasteiger partial charge in [0.2, 0.25) is 0 Å². The van der Waals surface area contributed by atoms with Gasteiger partial charge in [-0.25, -0.2) is 0 Å². The van der Waals surface area contributed by atoms with Crippen LogP contribution < -0.4 is 5.32 Å². The van der Waals surface area contributed by atoms with Crippen molar-refractivity contribution < 1.29 is 4.79 Å². The van der Waals surface area contributed by atoms with Gasteiger partial charge >= 0.3 is 0 Å². The predicted octanol–water partition coefficient (Wildman–Crippen LogP) is 2.38. The maximum absolute atomic E-state index is 12.1. The fourth-order valence-electron chi connectivity index (χ4n) is 2.80. The Kier molecular flexibility index (Phi) is 4.02. The average Bonchev–Trinajstić information content (AvgIpc) is 2.95. The highest BCUT2D eigenvalue weighted by Gasteiger charge is 2.11. The summed E-state index contributed by atoms with van der Waals surface area (Å²) in [6.45, 7) is 4.02. The monoisotopic (exact) mass is 271 g/mol. The first-order valence-corrected chi connectivity index (χ1v) is 7.41. The Bertz CT molecular complexity index is 584. The average molecular weight is 271 g/mol. The minimum atomic E-state index is 0.0125. The summed E-state index contributed by atoms with van der Waals surface area (Å²) in [5.74, 6) is 0.0125. The molecule has 3 rings (SSSR count). The minimum Gasteiger partial charge on any atom is -0.361 e. The van der Waals surface area contributed by atoms with Crippen molar-refractivity contribution in [1.82, 2.24) is 15.2 Å². The van der Waals surface area contributed by atoms with Gasteiger partial charge in [-0.05, 0) is 49.5 Å². The largest absolute Gasteiger partial charge is 0.361 e. The molecule has 1 saturated heterocycles. The van der Waals surface area contributed by atoms with Crippen LogP contribution >= 0.6 is 0 Å². The fourth-order valence-corrected chi connectivity index (χ4v) is 2.80. The molecule has 0 radical (unpaired) electrons. The zero-order valence-electron chi connectivity index (χ0n) is 11.7. The lowest BCUT2D eigenvalue weighted by atomic mass is 10.1. The van der Waals surface area contributed by atoms with Crippen molar-refractivity contribution in [2.24, 2.45) is 0 Å². The van der Waals surface area contributed by atoms with Crippen molar-refractivity contribution in [1.29, 1.82) is 0 Å². The lowest BCUT2D eigenvalue weighted by molar-refractivity contribution is 0.0946. The number of H-pyrrole nitrogens is 1. The molecule has 0 saturated carbocycles. The highest BCUT2D eigenvalue weighted by molar-refractivity contribution is 5.97. The van der Waals surface area contributed by atoms with Crippen molar-refractivity contribution >= 4 is 16.8 Å². The second-order valence-electron chi connectivity index (χ2n) is 5.44. The van der Waals surface area contributed by atoms with Crippen molar-refractivity contribution in [3.8, 4) is 0 Å². The smallest absolute Gasteiger partial charge is 0.251 e. The number of rotatable bonds is 4. The zero-order chi connectivity index (χ0) is 13.8. The SMILES string of the molecule is O=C(NCCN1CCCCC1)c1ccc2cc[nH]c2c1. The second kappa shape index (κ2) is 6.09. The third-order valence-electron chi connectivity index (χ3n) is 3.98. The summed E-state index contributed by atoms with van der Waals surface area (Å²) in [7, 11) is 0. The highest BCUT2D eigenvalue weighted by atomic mass is 16.1. The Morgan fingerprint density at radius 2 is 2.05 bits per heavy atom. The van der Waals surface area contributed by atoms with E-state index < -0.39 is 0 Å². The number of carbonyl (C=O) groups is 1. The molecule has 1 aliphatic rings.